The summed E-state index contributed by atoms with van der Waals surface area (Å²) in [6.45, 7) is 5.00. The SMILES string of the molecule is CC1CCC(C2CCC(C3CCC(C4CC(O)C(C5CCC(C6CCC(C7CCC(C8CC(O)C(C9CCC(C%10CCC(C%11CCC(C)C%11)C%10)C9)C8)C7)C6)C5)C4)C3)C2)C1. The molecular formula is C57H94O2. The first-order valence-corrected chi connectivity index (χ1v) is 28.1. The molecule has 0 amide bonds. The van der Waals surface area contributed by atoms with E-state index in [9.17, 15) is 10.2 Å². The van der Waals surface area contributed by atoms with Gasteiger partial charge < -0.3 is 10.2 Å². The van der Waals surface area contributed by atoms with Crippen molar-refractivity contribution in [3.8, 4) is 0 Å². The maximum Gasteiger partial charge on any atom is 0.0573 e. The second-order valence-electron chi connectivity index (χ2n) is 26.6. The van der Waals surface area contributed by atoms with Crippen LogP contribution in [0.2, 0.25) is 0 Å². The van der Waals surface area contributed by atoms with Crippen molar-refractivity contribution in [1.82, 2.24) is 0 Å². The van der Waals surface area contributed by atoms with Crippen LogP contribution >= 0.6 is 0 Å². The second kappa shape index (κ2) is 17.7. The molecule has 0 aromatic rings. The molecule has 0 bridgehead atoms. The summed E-state index contributed by atoms with van der Waals surface area (Å²) in [4.78, 5) is 0. The van der Waals surface area contributed by atoms with Crippen LogP contribution in [0.1, 0.15) is 213 Å². The van der Waals surface area contributed by atoms with E-state index in [2.05, 4.69) is 13.8 Å². The Labute approximate surface area is 364 Å². The van der Waals surface area contributed by atoms with E-state index in [1.54, 1.807) is 25.7 Å². The molecular weight excluding hydrogens is 717 g/mol. The minimum Gasteiger partial charge on any atom is -0.393 e. The van der Waals surface area contributed by atoms with Crippen molar-refractivity contribution in [2.24, 2.45) is 130 Å². The van der Waals surface area contributed by atoms with E-state index in [-0.39, 0.29) is 12.2 Å². The molecule has 59 heavy (non-hydrogen) atoms. The Morgan fingerprint density at radius 2 is 0.407 bits per heavy atom. The van der Waals surface area contributed by atoms with Crippen LogP contribution in [0.3, 0.4) is 0 Å². The Balaban J connectivity index is 0.604. The predicted octanol–water partition coefficient (Wildman–Crippen LogP) is 14.5. The van der Waals surface area contributed by atoms with Crippen molar-refractivity contribution in [1.29, 1.82) is 0 Å². The molecule has 24 atom stereocenters. The molecule has 2 heteroatoms. The van der Waals surface area contributed by atoms with Crippen LogP contribution in [-0.4, -0.2) is 22.4 Å². The molecule has 11 aliphatic rings. The molecule has 11 rings (SSSR count). The Morgan fingerprint density at radius 3 is 0.661 bits per heavy atom. The second-order valence-corrected chi connectivity index (χ2v) is 26.6. The van der Waals surface area contributed by atoms with Gasteiger partial charge in [0.2, 0.25) is 0 Å². The number of hydrogen-bond acceptors (Lipinski definition) is 2. The molecule has 11 fully saturated rings. The highest BCUT2D eigenvalue weighted by atomic mass is 16.3. The maximum absolute atomic E-state index is 11.6. The summed E-state index contributed by atoms with van der Waals surface area (Å²) in [5.74, 6) is 20.6. The fraction of sp³-hybridized carbons (Fsp3) is 1.00. The van der Waals surface area contributed by atoms with E-state index in [4.69, 9.17) is 0 Å². The topological polar surface area (TPSA) is 40.5 Å². The Kier molecular flexibility index (Phi) is 12.5. The standard InChI is InChI=1S/C57H94O2/c1-34-3-5-36(21-34)38-7-9-40(23-38)44-13-15-48(26-44)52-30-55(57(59)32-52)51-20-18-47(29-51)43-12-11-41(25-43)45-14-16-49(27-45)53-31-54(56(58)33-53)50-19-17-46(28-50)42-10-8-39(24-42)37-6-4-35(2)22-37/h34-59H,3-33H2,1-2H3. The van der Waals surface area contributed by atoms with Gasteiger partial charge in [0.1, 0.15) is 0 Å². The van der Waals surface area contributed by atoms with Gasteiger partial charge in [0.15, 0.2) is 0 Å². The smallest absolute Gasteiger partial charge is 0.0573 e. The van der Waals surface area contributed by atoms with E-state index in [0.29, 0.717) is 11.8 Å². The average Bonchev–Trinajstić information content (AvgIpc) is 4.05. The normalized spacial score (nSPS) is 56.7. The van der Waals surface area contributed by atoms with Gasteiger partial charge in [0, 0.05) is 0 Å². The van der Waals surface area contributed by atoms with Crippen LogP contribution in [0, 0.1) is 130 Å². The highest BCUT2D eigenvalue weighted by Gasteiger charge is 2.50. The molecule has 0 aromatic heterocycles. The lowest BCUT2D eigenvalue weighted by molar-refractivity contribution is 0.0954. The molecule has 334 valence electrons. The summed E-state index contributed by atoms with van der Waals surface area (Å²) in [5, 5.41) is 23.1. The first kappa shape index (κ1) is 41.6. The maximum atomic E-state index is 11.6. The first-order valence-electron chi connectivity index (χ1n) is 28.1. The van der Waals surface area contributed by atoms with Gasteiger partial charge in [-0.05, 0) is 316 Å². The van der Waals surface area contributed by atoms with Gasteiger partial charge in [-0.15, -0.1) is 0 Å². The van der Waals surface area contributed by atoms with Gasteiger partial charge in [-0.2, -0.15) is 0 Å². The highest BCUT2D eigenvalue weighted by Crippen LogP contribution is 2.59. The monoisotopic (exact) mass is 811 g/mol. The zero-order chi connectivity index (χ0) is 39.8. The van der Waals surface area contributed by atoms with Gasteiger partial charge in [-0.3, -0.25) is 0 Å². The molecule has 0 spiro atoms. The fourth-order valence-electron chi connectivity index (χ4n) is 20.6. The number of rotatable bonds is 10. The predicted molar refractivity (Wildman–Crippen MR) is 243 cm³/mol. The Bertz CT molecular complexity index is 1390. The summed E-state index contributed by atoms with van der Waals surface area (Å²) < 4.78 is 0. The minimum absolute atomic E-state index is 0.00368. The molecule has 0 saturated heterocycles. The minimum atomic E-state index is 0.00368. The van der Waals surface area contributed by atoms with Crippen LogP contribution < -0.4 is 0 Å². The van der Waals surface area contributed by atoms with Crippen LogP contribution in [0.25, 0.3) is 0 Å². The third kappa shape index (κ3) is 8.62. The van der Waals surface area contributed by atoms with Crippen molar-refractivity contribution >= 4 is 0 Å². The zero-order valence-electron chi connectivity index (χ0n) is 38.7. The molecule has 11 saturated carbocycles. The first-order chi connectivity index (χ1) is 28.8. The van der Waals surface area contributed by atoms with Crippen molar-refractivity contribution < 1.29 is 10.2 Å². The van der Waals surface area contributed by atoms with E-state index in [1.165, 1.54) is 161 Å². The zero-order valence-corrected chi connectivity index (χ0v) is 38.7. The molecule has 0 heterocycles. The summed E-state index contributed by atoms with van der Waals surface area (Å²) in [6.07, 6.45) is 45.7. The van der Waals surface area contributed by atoms with E-state index < -0.39 is 0 Å². The number of hydrogen-bond donors (Lipinski definition) is 2. The lowest BCUT2D eigenvalue weighted by atomic mass is 9.80. The van der Waals surface area contributed by atoms with Crippen molar-refractivity contribution in [2.75, 3.05) is 0 Å². The van der Waals surface area contributed by atoms with E-state index >= 15 is 0 Å². The molecule has 0 aromatic carbocycles. The Morgan fingerprint density at radius 1 is 0.203 bits per heavy atom. The third-order valence-corrected chi connectivity index (χ3v) is 23.8. The average molecular weight is 811 g/mol. The van der Waals surface area contributed by atoms with Gasteiger partial charge in [-0.1, -0.05) is 26.7 Å². The summed E-state index contributed by atoms with van der Waals surface area (Å²) in [5.41, 5.74) is 0. The van der Waals surface area contributed by atoms with Gasteiger partial charge in [0.25, 0.3) is 0 Å². The quantitative estimate of drug-likeness (QED) is 0.231. The third-order valence-electron chi connectivity index (χ3n) is 23.8. The van der Waals surface area contributed by atoms with Crippen molar-refractivity contribution in [3.63, 3.8) is 0 Å². The fourth-order valence-corrected chi connectivity index (χ4v) is 20.6. The van der Waals surface area contributed by atoms with Crippen LogP contribution in [0.4, 0.5) is 0 Å². The summed E-state index contributed by atoms with van der Waals surface area (Å²) in [7, 11) is 0. The van der Waals surface area contributed by atoms with Crippen LogP contribution in [0.15, 0.2) is 0 Å². The lowest BCUT2D eigenvalue weighted by Crippen LogP contribution is -2.21. The summed E-state index contributed by atoms with van der Waals surface area (Å²) in [6, 6.07) is 0. The Hall–Kier alpha value is -0.0800. The summed E-state index contributed by atoms with van der Waals surface area (Å²) >= 11 is 0. The molecule has 24 unspecified atom stereocenters. The van der Waals surface area contributed by atoms with Gasteiger partial charge in [0.05, 0.1) is 12.2 Å². The van der Waals surface area contributed by atoms with Crippen LogP contribution in [0.5, 0.6) is 0 Å². The van der Waals surface area contributed by atoms with E-state index in [1.807, 2.05) is 0 Å². The van der Waals surface area contributed by atoms with Crippen molar-refractivity contribution in [3.05, 3.63) is 0 Å². The van der Waals surface area contributed by atoms with Crippen molar-refractivity contribution in [2.45, 2.75) is 225 Å². The van der Waals surface area contributed by atoms with Crippen LogP contribution in [-0.2, 0) is 0 Å². The molecule has 2 nitrogen and oxygen atoms in total. The highest BCUT2D eigenvalue weighted by molar-refractivity contribution is 5.01. The van der Waals surface area contributed by atoms with Gasteiger partial charge in [-0.25, -0.2) is 0 Å². The molecule has 11 aliphatic carbocycles. The number of aliphatic hydroxyl groups is 2. The molecule has 0 radical (unpaired) electrons. The molecule has 2 N–H and O–H groups in total. The largest absolute Gasteiger partial charge is 0.393 e. The lowest BCUT2D eigenvalue weighted by Gasteiger charge is -2.25. The van der Waals surface area contributed by atoms with Gasteiger partial charge >= 0.3 is 0 Å². The number of aliphatic hydroxyl groups excluding tert-OH is 2. The van der Waals surface area contributed by atoms with E-state index in [0.717, 1.165) is 131 Å². The molecule has 0 aliphatic heterocycles.